The van der Waals surface area contributed by atoms with Crippen LogP contribution in [0.5, 0.6) is 5.75 Å². The number of furan rings is 1. The Morgan fingerprint density at radius 3 is 2.89 bits per heavy atom. The molecule has 1 aromatic heterocycles. The minimum atomic E-state index is -0.525. The van der Waals surface area contributed by atoms with E-state index in [1.165, 1.54) is 12.1 Å². The summed E-state index contributed by atoms with van der Waals surface area (Å²) in [7, 11) is 0. The molecule has 0 saturated carbocycles. The van der Waals surface area contributed by atoms with Crippen LogP contribution in [0.25, 0.3) is 11.0 Å². The number of esters is 1. The molecule has 5 nitrogen and oxygen atoms in total. The highest BCUT2D eigenvalue weighted by Gasteiger charge is 2.21. The minimum absolute atomic E-state index is 0.0922. The Morgan fingerprint density at radius 1 is 1.56 bits per heavy atom. The molecule has 0 aliphatic heterocycles. The van der Waals surface area contributed by atoms with Gasteiger partial charge in [0.15, 0.2) is 5.58 Å². The molecule has 0 amide bonds. The first-order valence-electron chi connectivity index (χ1n) is 5.41. The quantitative estimate of drug-likeness (QED) is 0.822. The van der Waals surface area contributed by atoms with Gasteiger partial charge < -0.3 is 14.3 Å². The van der Waals surface area contributed by atoms with Gasteiger partial charge in [0.05, 0.1) is 12.2 Å². The van der Waals surface area contributed by atoms with Crippen molar-refractivity contribution >= 4 is 16.9 Å². The fourth-order valence-electron chi connectivity index (χ4n) is 1.84. The van der Waals surface area contributed by atoms with E-state index in [1.807, 2.05) is 6.07 Å². The zero-order valence-electron chi connectivity index (χ0n) is 9.98. The third-order valence-corrected chi connectivity index (χ3v) is 2.55. The van der Waals surface area contributed by atoms with Crippen molar-refractivity contribution in [1.82, 2.24) is 0 Å². The van der Waals surface area contributed by atoms with E-state index in [4.69, 9.17) is 14.4 Å². The lowest BCUT2D eigenvalue weighted by Crippen LogP contribution is -2.05. The lowest BCUT2D eigenvalue weighted by molar-refractivity contribution is 0.0526. The van der Waals surface area contributed by atoms with E-state index in [0.717, 1.165) is 0 Å². The average Bonchev–Trinajstić information content (AvgIpc) is 2.64. The SMILES string of the molecule is CCOC(=O)c1c(C)oc2c(C#N)cc(O)cc12. The van der Waals surface area contributed by atoms with E-state index in [2.05, 4.69) is 0 Å². The van der Waals surface area contributed by atoms with Crippen molar-refractivity contribution in [3.8, 4) is 11.8 Å². The number of benzene rings is 1. The number of aryl methyl sites for hydroxylation is 1. The molecule has 0 aliphatic rings. The summed E-state index contributed by atoms with van der Waals surface area (Å²) < 4.78 is 10.3. The maximum absolute atomic E-state index is 11.8. The normalized spacial score (nSPS) is 10.3. The van der Waals surface area contributed by atoms with E-state index in [9.17, 15) is 9.90 Å². The number of carbonyl (C=O) groups excluding carboxylic acids is 1. The second-order valence-electron chi connectivity index (χ2n) is 3.74. The molecule has 1 heterocycles. The zero-order valence-corrected chi connectivity index (χ0v) is 9.98. The fraction of sp³-hybridized carbons (Fsp3) is 0.231. The summed E-state index contributed by atoms with van der Waals surface area (Å²) >= 11 is 0. The second-order valence-corrected chi connectivity index (χ2v) is 3.74. The fourth-order valence-corrected chi connectivity index (χ4v) is 1.84. The summed E-state index contributed by atoms with van der Waals surface area (Å²) in [6.45, 7) is 3.56. The predicted octanol–water partition coefficient (Wildman–Crippen LogP) is 2.50. The first-order chi connectivity index (χ1) is 8.58. The topological polar surface area (TPSA) is 83.5 Å². The van der Waals surface area contributed by atoms with Crippen LogP contribution >= 0.6 is 0 Å². The maximum atomic E-state index is 11.8. The van der Waals surface area contributed by atoms with Gasteiger partial charge in [-0.15, -0.1) is 0 Å². The van der Waals surface area contributed by atoms with Gasteiger partial charge in [0.25, 0.3) is 0 Å². The number of aromatic hydroxyl groups is 1. The molecule has 0 aliphatic carbocycles. The highest BCUT2D eigenvalue weighted by Crippen LogP contribution is 2.32. The van der Waals surface area contributed by atoms with Crippen LogP contribution in [0.3, 0.4) is 0 Å². The number of carbonyl (C=O) groups is 1. The number of nitrogens with zero attached hydrogens (tertiary/aromatic N) is 1. The Kier molecular flexibility index (Phi) is 2.94. The van der Waals surface area contributed by atoms with Crippen molar-refractivity contribution in [2.24, 2.45) is 0 Å². The molecule has 18 heavy (non-hydrogen) atoms. The Labute approximate surface area is 103 Å². The molecule has 1 aromatic carbocycles. The van der Waals surface area contributed by atoms with Crippen molar-refractivity contribution in [3.63, 3.8) is 0 Å². The predicted molar refractivity (Wildman–Crippen MR) is 63.3 cm³/mol. The van der Waals surface area contributed by atoms with Crippen LogP contribution in [0, 0.1) is 18.3 Å². The molecule has 0 unspecified atom stereocenters. The third-order valence-electron chi connectivity index (χ3n) is 2.55. The molecule has 5 heteroatoms. The standard InChI is InChI=1S/C13H11NO4/c1-3-17-13(16)11-7(2)18-12-8(6-14)4-9(15)5-10(11)12/h4-5,15H,3H2,1-2H3. The van der Waals surface area contributed by atoms with E-state index >= 15 is 0 Å². The van der Waals surface area contributed by atoms with Crippen LogP contribution in [0.2, 0.25) is 0 Å². The average molecular weight is 245 g/mol. The van der Waals surface area contributed by atoms with E-state index in [-0.39, 0.29) is 29.1 Å². The number of phenolic OH excluding ortho intramolecular Hbond substituents is 1. The van der Waals surface area contributed by atoms with Crippen LogP contribution in [-0.4, -0.2) is 17.7 Å². The molecule has 1 N–H and O–H groups in total. The molecule has 0 bridgehead atoms. The van der Waals surface area contributed by atoms with Crippen molar-refractivity contribution < 1.29 is 19.1 Å². The number of rotatable bonds is 2. The monoisotopic (exact) mass is 245 g/mol. The number of nitriles is 1. The van der Waals surface area contributed by atoms with Gasteiger partial charge in [-0.2, -0.15) is 5.26 Å². The smallest absolute Gasteiger partial charge is 0.342 e. The van der Waals surface area contributed by atoms with Gasteiger partial charge in [0, 0.05) is 11.5 Å². The largest absolute Gasteiger partial charge is 0.508 e. The molecule has 0 saturated heterocycles. The van der Waals surface area contributed by atoms with E-state index < -0.39 is 5.97 Å². The Morgan fingerprint density at radius 2 is 2.28 bits per heavy atom. The van der Waals surface area contributed by atoms with Gasteiger partial charge in [0.1, 0.15) is 23.1 Å². The number of hydrogen-bond donors (Lipinski definition) is 1. The highest BCUT2D eigenvalue weighted by atomic mass is 16.5. The summed E-state index contributed by atoms with van der Waals surface area (Å²) in [6, 6.07) is 4.60. The molecule has 0 spiro atoms. The third kappa shape index (κ3) is 1.78. The number of fused-ring (bicyclic) bond motifs is 1. The highest BCUT2D eigenvalue weighted by molar-refractivity contribution is 6.06. The van der Waals surface area contributed by atoms with Gasteiger partial charge in [-0.1, -0.05) is 0 Å². The molecule has 0 fully saturated rings. The zero-order chi connectivity index (χ0) is 13.3. The summed E-state index contributed by atoms with van der Waals surface area (Å²) in [5, 5.41) is 18.9. The van der Waals surface area contributed by atoms with Crippen LogP contribution in [0.1, 0.15) is 28.6 Å². The van der Waals surface area contributed by atoms with Gasteiger partial charge in [-0.05, 0) is 19.9 Å². The molecule has 92 valence electrons. The van der Waals surface area contributed by atoms with Crippen LogP contribution in [-0.2, 0) is 4.74 Å². The van der Waals surface area contributed by atoms with Gasteiger partial charge in [-0.3, -0.25) is 0 Å². The lowest BCUT2D eigenvalue weighted by atomic mass is 10.1. The summed E-state index contributed by atoms with van der Waals surface area (Å²) in [6.07, 6.45) is 0. The number of ether oxygens (including phenoxy) is 1. The summed E-state index contributed by atoms with van der Waals surface area (Å²) in [5.41, 5.74) is 0.721. The van der Waals surface area contributed by atoms with E-state index in [1.54, 1.807) is 13.8 Å². The Hall–Kier alpha value is -2.48. The number of phenols is 1. The number of hydrogen-bond acceptors (Lipinski definition) is 5. The molecular weight excluding hydrogens is 234 g/mol. The van der Waals surface area contributed by atoms with Crippen molar-refractivity contribution in [2.45, 2.75) is 13.8 Å². The van der Waals surface area contributed by atoms with E-state index in [0.29, 0.717) is 11.1 Å². The van der Waals surface area contributed by atoms with Crippen LogP contribution < -0.4 is 0 Å². The molecule has 0 radical (unpaired) electrons. The van der Waals surface area contributed by atoms with Gasteiger partial charge in [-0.25, -0.2) is 4.79 Å². The molecule has 2 aromatic rings. The van der Waals surface area contributed by atoms with Crippen molar-refractivity contribution in [3.05, 3.63) is 29.0 Å². The van der Waals surface area contributed by atoms with Crippen molar-refractivity contribution in [1.29, 1.82) is 5.26 Å². The lowest BCUT2D eigenvalue weighted by Gasteiger charge is -2.00. The first kappa shape index (κ1) is 12.0. The molecular formula is C13H11NO4. The van der Waals surface area contributed by atoms with Crippen LogP contribution in [0.4, 0.5) is 0 Å². The molecule has 2 rings (SSSR count). The maximum Gasteiger partial charge on any atom is 0.342 e. The molecule has 0 atom stereocenters. The Bertz CT molecular complexity index is 664. The van der Waals surface area contributed by atoms with Crippen molar-refractivity contribution in [2.75, 3.05) is 6.61 Å². The summed E-state index contributed by atoms with van der Waals surface area (Å²) in [5.74, 6) is -0.251. The second kappa shape index (κ2) is 4.41. The van der Waals surface area contributed by atoms with Crippen LogP contribution in [0.15, 0.2) is 16.5 Å². The minimum Gasteiger partial charge on any atom is -0.508 e. The summed E-state index contributed by atoms with van der Waals surface area (Å²) in [4.78, 5) is 11.8. The Balaban J connectivity index is 2.75. The first-order valence-corrected chi connectivity index (χ1v) is 5.41. The van der Waals surface area contributed by atoms with Gasteiger partial charge >= 0.3 is 5.97 Å². The van der Waals surface area contributed by atoms with Gasteiger partial charge in [0.2, 0.25) is 0 Å².